The second-order valence-electron chi connectivity index (χ2n) is 3.40. The van der Waals surface area contributed by atoms with E-state index in [4.69, 9.17) is 10.5 Å². The minimum absolute atomic E-state index is 0.0158. The third-order valence-corrected chi connectivity index (χ3v) is 2.89. The molecule has 0 saturated heterocycles. The largest absolute Gasteiger partial charge is 0.456 e. The molecule has 2 aromatic rings. The van der Waals surface area contributed by atoms with Gasteiger partial charge in [0.25, 0.3) is 0 Å². The van der Waals surface area contributed by atoms with Gasteiger partial charge in [-0.15, -0.1) is 11.3 Å². The molecule has 18 heavy (non-hydrogen) atoms. The molecule has 2 N–H and O–H groups in total. The van der Waals surface area contributed by atoms with Crippen molar-refractivity contribution in [3.05, 3.63) is 45.9 Å². The first kappa shape index (κ1) is 12.4. The summed E-state index contributed by atoms with van der Waals surface area (Å²) in [4.78, 5) is 16.2. The zero-order chi connectivity index (χ0) is 13.1. The monoisotopic (exact) mass is 270 g/mol. The minimum atomic E-state index is -1.14. The predicted octanol–water partition coefficient (Wildman–Crippen LogP) is 2.36. The zero-order valence-corrected chi connectivity index (χ0v) is 9.84. The van der Waals surface area contributed by atoms with E-state index in [9.17, 15) is 13.6 Å². The molecular weight excluding hydrogens is 262 g/mol. The Bertz CT molecular complexity index is 573. The summed E-state index contributed by atoms with van der Waals surface area (Å²) >= 11 is 1.32. The van der Waals surface area contributed by atoms with Crippen molar-refractivity contribution in [2.45, 2.75) is 6.61 Å². The Labute approximate surface area is 105 Å². The molecule has 0 bridgehead atoms. The number of hydrogen-bond donors (Lipinski definition) is 1. The number of rotatable bonds is 3. The van der Waals surface area contributed by atoms with Crippen LogP contribution in [0.25, 0.3) is 0 Å². The van der Waals surface area contributed by atoms with Gasteiger partial charge in [0.05, 0.1) is 16.0 Å². The average Bonchev–Trinajstić information content (AvgIpc) is 2.84. The molecule has 4 nitrogen and oxygen atoms in total. The summed E-state index contributed by atoms with van der Waals surface area (Å²) in [7, 11) is 0. The standard InChI is InChI=1S/C11H8F2N2O2S/c12-8-1-7(10(14)2-9(8)13)11(16)17-4-6-3-15-5-18-6/h1-3,5H,4,14H2. The zero-order valence-electron chi connectivity index (χ0n) is 9.02. The number of thiazole rings is 1. The van der Waals surface area contributed by atoms with Crippen molar-refractivity contribution in [2.75, 3.05) is 5.73 Å². The Balaban J connectivity index is 2.11. The maximum atomic E-state index is 13.0. The van der Waals surface area contributed by atoms with Gasteiger partial charge in [0.1, 0.15) is 6.61 Å². The Morgan fingerprint density at radius 1 is 1.39 bits per heavy atom. The molecule has 0 amide bonds. The van der Waals surface area contributed by atoms with Crippen LogP contribution in [0.3, 0.4) is 0 Å². The summed E-state index contributed by atoms with van der Waals surface area (Å²) in [6.07, 6.45) is 1.55. The van der Waals surface area contributed by atoms with E-state index in [1.165, 1.54) is 11.3 Å². The summed E-state index contributed by atoms with van der Waals surface area (Å²) in [5.41, 5.74) is 6.66. The maximum absolute atomic E-state index is 13.0. The summed E-state index contributed by atoms with van der Waals surface area (Å²) < 4.78 is 30.7. The number of hydrogen-bond acceptors (Lipinski definition) is 5. The topological polar surface area (TPSA) is 65.2 Å². The van der Waals surface area contributed by atoms with Gasteiger partial charge in [-0.05, 0) is 6.07 Å². The molecular formula is C11H8F2N2O2S. The molecule has 0 unspecified atom stereocenters. The Morgan fingerprint density at radius 3 is 2.78 bits per heavy atom. The highest BCUT2D eigenvalue weighted by atomic mass is 32.1. The van der Waals surface area contributed by atoms with Gasteiger partial charge in [0.15, 0.2) is 11.6 Å². The van der Waals surface area contributed by atoms with E-state index in [0.717, 1.165) is 17.0 Å². The summed E-state index contributed by atoms with van der Waals surface area (Å²) in [5.74, 6) is -3.06. The number of aromatic nitrogens is 1. The molecule has 0 aliphatic heterocycles. The first-order valence-corrected chi connectivity index (χ1v) is 5.75. The van der Waals surface area contributed by atoms with Gasteiger partial charge < -0.3 is 10.5 Å². The average molecular weight is 270 g/mol. The molecule has 1 heterocycles. The molecule has 0 atom stereocenters. The molecule has 94 valence electrons. The Morgan fingerprint density at radius 2 is 2.11 bits per heavy atom. The van der Waals surface area contributed by atoms with Crippen LogP contribution in [0.4, 0.5) is 14.5 Å². The van der Waals surface area contributed by atoms with Crippen LogP contribution < -0.4 is 5.73 Å². The highest BCUT2D eigenvalue weighted by Gasteiger charge is 2.15. The SMILES string of the molecule is Nc1cc(F)c(F)cc1C(=O)OCc1cncs1. The maximum Gasteiger partial charge on any atom is 0.340 e. The van der Waals surface area contributed by atoms with E-state index in [1.54, 1.807) is 11.7 Å². The van der Waals surface area contributed by atoms with Crippen molar-refractivity contribution >= 4 is 23.0 Å². The van der Waals surface area contributed by atoms with Crippen molar-refractivity contribution in [1.82, 2.24) is 4.98 Å². The Hall–Kier alpha value is -2.02. The van der Waals surface area contributed by atoms with Crippen molar-refractivity contribution in [2.24, 2.45) is 0 Å². The first-order chi connectivity index (χ1) is 8.58. The summed E-state index contributed by atoms with van der Waals surface area (Å²) in [6, 6.07) is 1.47. The van der Waals surface area contributed by atoms with Gasteiger partial charge in [-0.1, -0.05) is 0 Å². The fourth-order valence-electron chi connectivity index (χ4n) is 1.27. The van der Waals surface area contributed by atoms with Gasteiger partial charge in [0, 0.05) is 18.0 Å². The van der Waals surface area contributed by atoms with Crippen LogP contribution in [0.2, 0.25) is 0 Å². The third kappa shape index (κ3) is 2.62. The molecule has 1 aromatic carbocycles. The number of nitrogen functional groups attached to an aromatic ring is 1. The molecule has 1 aromatic heterocycles. The lowest BCUT2D eigenvalue weighted by atomic mass is 10.1. The lowest BCUT2D eigenvalue weighted by Gasteiger charge is -2.06. The number of anilines is 1. The highest BCUT2D eigenvalue weighted by molar-refractivity contribution is 7.09. The normalized spacial score (nSPS) is 10.3. The van der Waals surface area contributed by atoms with Crippen molar-refractivity contribution in [1.29, 1.82) is 0 Å². The van der Waals surface area contributed by atoms with Crippen LogP contribution in [0.1, 0.15) is 15.2 Å². The quantitative estimate of drug-likeness (QED) is 0.687. The smallest absolute Gasteiger partial charge is 0.340 e. The van der Waals surface area contributed by atoms with Crippen molar-refractivity contribution in [3.63, 3.8) is 0 Å². The van der Waals surface area contributed by atoms with Gasteiger partial charge >= 0.3 is 5.97 Å². The lowest BCUT2D eigenvalue weighted by Crippen LogP contribution is -2.09. The van der Waals surface area contributed by atoms with E-state index in [1.807, 2.05) is 0 Å². The number of benzene rings is 1. The van der Waals surface area contributed by atoms with Gasteiger partial charge in [-0.3, -0.25) is 4.98 Å². The van der Waals surface area contributed by atoms with E-state index < -0.39 is 17.6 Å². The van der Waals surface area contributed by atoms with E-state index in [-0.39, 0.29) is 17.9 Å². The van der Waals surface area contributed by atoms with Crippen LogP contribution in [0, 0.1) is 11.6 Å². The van der Waals surface area contributed by atoms with Crippen LogP contribution in [-0.2, 0) is 11.3 Å². The van der Waals surface area contributed by atoms with Gasteiger partial charge in [0.2, 0.25) is 0 Å². The molecule has 0 aliphatic carbocycles. The Kier molecular flexibility index (Phi) is 3.52. The number of halogens is 2. The van der Waals surface area contributed by atoms with E-state index >= 15 is 0 Å². The number of carbonyl (C=O) groups excluding carboxylic acids is 1. The summed E-state index contributed by atoms with van der Waals surface area (Å²) in [5, 5.41) is 0. The molecule has 0 saturated carbocycles. The number of ether oxygens (including phenoxy) is 1. The lowest BCUT2D eigenvalue weighted by molar-refractivity contribution is 0.0477. The number of nitrogens with two attached hydrogens (primary N) is 1. The molecule has 0 fully saturated rings. The van der Waals surface area contributed by atoms with E-state index in [0.29, 0.717) is 0 Å². The number of esters is 1. The number of nitrogens with zero attached hydrogens (tertiary/aromatic N) is 1. The molecule has 2 rings (SSSR count). The third-order valence-electron chi connectivity index (χ3n) is 2.14. The van der Waals surface area contributed by atoms with Crippen molar-refractivity contribution in [3.8, 4) is 0 Å². The van der Waals surface area contributed by atoms with E-state index in [2.05, 4.69) is 4.98 Å². The molecule has 7 heteroatoms. The predicted molar refractivity (Wildman–Crippen MR) is 62.0 cm³/mol. The first-order valence-electron chi connectivity index (χ1n) is 4.87. The van der Waals surface area contributed by atoms with Crippen LogP contribution in [0.15, 0.2) is 23.8 Å². The highest BCUT2D eigenvalue weighted by Crippen LogP contribution is 2.19. The number of carbonyl (C=O) groups is 1. The van der Waals surface area contributed by atoms with Crippen LogP contribution >= 0.6 is 11.3 Å². The fraction of sp³-hybridized carbons (Fsp3) is 0.0909. The van der Waals surface area contributed by atoms with Gasteiger partial charge in [-0.2, -0.15) is 0 Å². The van der Waals surface area contributed by atoms with Crippen LogP contribution in [0.5, 0.6) is 0 Å². The second kappa shape index (κ2) is 5.09. The fourth-order valence-corrected chi connectivity index (χ4v) is 1.77. The van der Waals surface area contributed by atoms with Gasteiger partial charge in [-0.25, -0.2) is 13.6 Å². The molecule has 0 aliphatic rings. The second-order valence-corrected chi connectivity index (χ2v) is 4.37. The van der Waals surface area contributed by atoms with Crippen LogP contribution in [-0.4, -0.2) is 11.0 Å². The molecule has 0 radical (unpaired) electrons. The van der Waals surface area contributed by atoms with Crippen molar-refractivity contribution < 1.29 is 18.3 Å². The molecule has 0 spiro atoms. The minimum Gasteiger partial charge on any atom is -0.456 e. The summed E-state index contributed by atoms with van der Waals surface area (Å²) in [6.45, 7) is 0.0158.